The lowest BCUT2D eigenvalue weighted by Gasteiger charge is -2.04. The highest BCUT2D eigenvalue weighted by atomic mass is 16.4. The fraction of sp³-hybridized carbons (Fsp3) is 0.182. The monoisotopic (exact) mass is 235 g/mol. The second-order valence-corrected chi connectivity index (χ2v) is 3.34. The lowest BCUT2D eigenvalue weighted by molar-refractivity contribution is -0.138. The van der Waals surface area contributed by atoms with Crippen LogP contribution in [-0.4, -0.2) is 23.2 Å². The zero-order valence-corrected chi connectivity index (χ0v) is 9.09. The lowest BCUT2D eigenvalue weighted by Crippen LogP contribution is -2.13. The molecule has 0 aliphatic heterocycles. The van der Waals surface area contributed by atoms with Crippen molar-refractivity contribution < 1.29 is 14.7 Å². The second-order valence-electron chi connectivity index (χ2n) is 3.34. The minimum Gasteiger partial charge on any atom is -0.481 e. The summed E-state index contributed by atoms with van der Waals surface area (Å²) in [6, 6.07) is 6.86. The first-order chi connectivity index (χ1) is 8.11. The van der Waals surface area contributed by atoms with E-state index in [1.54, 1.807) is 24.3 Å². The van der Waals surface area contributed by atoms with E-state index in [1.165, 1.54) is 6.21 Å². The van der Waals surface area contributed by atoms with E-state index < -0.39 is 5.97 Å². The Balaban J connectivity index is 2.51. The number of benzene rings is 1. The molecule has 0 radical (unpaired) electrons. The van der Waals surface area contributed by atoms with Gasteiger partial charge < -0.3 is 16.3 Å². The number of aliphatic carboxylic acids is 1. The van der Waals surface area contributed by atoms with Gasteiger partial charge in [-0.2, -0.15) is 5.10 Å². The van der Waals surface area contributed by atoms with Crippen molar-refractivity contribution in [2.24, 2.45) is 10.9 Å². The number of carbonyl (C=O) groups is 2. The van der Waals surface area contributed by atoms with E-state index in [-0.39, 0.29) is 18.7 Å². The molecule has 0 aliphatic carbocycles. The van der Waals surface area contributed by atoms with Crippen LogP contribution in [0.15, 0.2) is 29.4 Å². The van der Waals surface area contributed by atoms with Crippen molar-refractivity contribution >= 4 is 23.8 Å². The number of hydrogen-bond acceptors (Lipinski definition) is 4. The van der Waals surface area contributed by atoms with E-state index in [9.17, 15) is 9.59 Å². The van der Waals surface area contributed by atoms with Gasteiger partial charge in [0.05, 0.1) is 12.6 Å². The van der Waals surface area contributed by atoms with Crippen LogP contribution in [-0.2, 0) is 9.59 Å². The Kier molecular flexibility index (Phi) is 4.68. The maximum Gasteiger partial charge on any atom is 0.303 e. The molecule has 0 fully saturated rings. The van der Waals surface area contributed by atoms with Gasteiger partial charge in [0.25, 0.3) is 0 Å². The number of hydrazone groups is 1. The number of nitrogens with two attached hydrogens (primary N) is 1. The number of carboxylic acids is 1. The van der Waals surface area contributed by atoms with E-state index in [2.05, 4.69) is 10.4 Å². The van der Waals surface area contributed by atoms with Crippen LogP contribution in [0.5, 0.6) is 0 Å². The molecule has 0 aromatic heterocycles. The summed E-state index contributed by atoms with van der Waals surface area (Å²) < 4.78 is 0. The molecule has 1 aromatic rings. The van der Waals surface area contributed by atoms with Crippen molar-refractivity contribution in [1.29, 1.82) is 0 Å². The normalized spacial score (nSPS) is 10.4. The second kappa shape index (κ2) is 6.26. The Morgan fingerprint density at radius 2 is 1.94 bits per heavy atom. The molecule has 0 bridgehead atoms. The molecule has 6 heteroatoms. The molecular formula is C11H13N3O3. The molecule has 0 saturated heterocycles. The van der Waals surface area contributed by atoms with E-state index in [4.69, 9.17) is 10.9 Å². The smallest absolute Gasteiger partial charge is 0.303 e. The van der Waals surface area contributed by atoms with Crippen LogP contribution in [0, 0.1) is 0 Å². The first kappa shape index (κ1) is 12.7. The number of nitrogens with one attached hydrogen (secondary N) is 1. The third-order valence-electron chi connectivity index (χ3n) is 1.98. The zero-order valence-electron chi connectivity index (χ0n) is 9.09. The van der Waals surface area contributed by atoms with Crippen molar-refractivity contribution in [1.82, 2.24) is 0 Å². The summed E-state index contributed by atoms with van der Waals surface area (Å²) in [6.45, 7) is 0. The maximum absolute atomic E-state index is 11.3. The van der Waals surface area contributed by atoms with Crippen LogP contribution < -0.4 is 11.2 Å². The number of anilines is 1. The number of carbonyl (C=O) groups excluding carboxylic acids is 1. The molecule has 4 N–H and O–H groups in total. The molecule has 0 heterocycles. The summed E-state index contributed by atoms with van der Waals surface area (Å²) >= 11 is 0. The number of amides is 1. The summed E-state index contributed by atoms with van der Waals surface area (Å²) in [5, 5.41) is 14.4. The van der Waals surface area contributed by atoms with Gasteiger partial charge in [-0.1, -0.05) is 12.1 Å². The molecule has 6 nitrogen and oxygen atoms in total. The van der Waals surface area contributed by atoms with Gasteiger partial charge in [0.1, 0.15) is 0 Å². The van der Waals surface area contributed by atoms with E-state index in [1.807, 2.05) is 0 Å². The van der Waals surface area contributed by atoms with Gasteiger partial charge in [-0.05, 0) is 17.7 Å². The van der Waals surface area contributed by atoms with Crippen LogP contribution in [0.1, 0.15) is 18.4 Å². The van der Waals surface area contributed by atoms with E-state index >= 15 is 0 Å². The van der Waals surface area contributed by atoms with Crippen LogP contribution in [0.25, 0.3) is 0 Å². The Morgan fingerprint density at radius 3 is 2.47 bits per heavy atom. The number of hydrogen-bond donors (Lipinski definition) is 3. The highest BCUT2D eigenvalue weighted by Crippen LogP contribution is 2.09. The maximum atomic E-state index is 11.3. The first-order valence-corrected chi connectivity index (χ1v) is 4.97. The van der Waals surface area contributed by atoms with Crippen molar-refractivity contribution in [3.63, 3.8) is 0 Å². The van der Waals surface area contributed by atoms with Gasteiger partial charge in [0.2, 0.25) is 5.91 Å². The molecule has 17 heavy (non-hydrogen) atoms. The largest absolute Gasteiger partial charge is 0.481 e. The Morgan fingerprint density at radius 1 is 1.29 bits per heavy atom. The van der Waals surface area contributed by atoms with Gasteiger partial charge in [-0.15, -0.1) is 0 Å². The van der Waals surface area contributed by atoms with Crippen molar-refractivity contribution in [2.75, 3.05) is 5.32 Å². The average molecular weight is 235 g/mol. The number of rotatable bonds is 5. The van der Waals surface area contributed by atoms with Crippen LogP contribution in [0.3, 0.4) is 0 Å². The minimum absolute atomic E-state index is 0.0403. The Labute approximate surface area is 98.1 Å². The summed E-state index contributed by atoms with van der Waals surface area (Å²) in [6.07, 6.45) is 1.27. The molecule has 0 atom stereocenters. The van der Waals surface area contributed by atoms with Gasteiger partial charge in [0.15, 0.2) is 0 Å². The highest BCUT2D eigenvalue weighted by Gasteiger charge is 2.05. The number of nitrogens with zero attached hydrogens (tertiary/aromatic N) is 1. The summed E-state index contributed by atoms with van der Waals surface area (Å²) in [5.41, 5.74) is 1.42. The quantitative estimate of drug-likeness (QED) is 0.398. The highest BCUT2D eigenvalue weighted by molar-refractivity contribution is 5.92. The van der Waals surface area contributed by atoms with Crippen LogP contribution in [0.2, 0.25) is 0 Å². The fourth-order valence-electron chi connectivity index (χ4n) is 1.18. The van der Waals surface area contributed by atoms with Gasteiger partial charge in [-0.25, -0.2) is 0 Å². The SMILES string of the molecule is N/N=C/c1ccc(NC(=O)CCC(=O)O)cc1. The topological polar surface area (TPSA) is 105 Å². The molecule has 0 spiro atoms. The first-order valence-electron chi connectivity index (χ1n) is 4.97. The Hall–Kier alpha value is -2.37. The predicted octanol–water partition coefficient (Wildman–Crippen LogP) is 0.782. The Bertz CT molecular complexity index is 426. The molecule has 1 aromatic carbocycles. The molecule has 90 valence electrons. The average Bonchev–Trinajstić information content (AvgIpc) is 2.29. The van der Waals surface area contributed by atoms with Crippen molar-refractivity contribution in [3.8, 4) is 0 Å². The summed E-state index contributed by atoms with van der Waals surface area (Å²) in [5.74, 6) is 3.67. The molecular weight excluding hydrogens is 222 g/mol. The number of carboxylic acid groups (broad SMARTS) is 1. The third kappa shape index (κ3) is 4.78. The zero-order chi connectivity index (χ0) is 12.7. The van der Waals surface area contributed by atoms with E-state index in [0.717, 1.165) is 5.56 Å². The molecule has 1 rings (SSSR count). The molecule has 0 saturated carbocycles. The predicted molar refractivity (Wildman–Crippen MR) is 63.7 cm³/mol. The van der Waals surface area contributed by atoms with E-state index in [0.29, 0.717) is 5.69 Å². The molecule has 0 aliphatic rings. The molecule has 1 amide bonds. The van der Waals surface area contributed by atoms with Gasteiger partial charge >= 0.3 is 5.97 Å². The fourth-order valence-corrected chi connectivity index (χ4v) is 1.18. The van der Waals surface area contributed by atoms with Crippen LogP contribution >= 0.6 is 0 Å². The minimum atomic E-state index is -0.991. The van der Waals surface area contributed by atoms with Gasteiger partial charge in [0, 0.05) is 12.1 Å². The molecule has 0 unspecified atom stereocenters. The summed E-state index contributed by atoms with van der Waals surface area (Å²) in [4.78, 5) is 21.6. The summed E-state index contributed by atoms with van der Waals surface area (Å²) in [7, 11) is 0. The lowest BCUT2D eigenvalue weighted by atomic mass is 10.2. The van der Waals surface area contributed by atoms with Crippen LogP contribution in [0.4, 0.5) is 5.69 Å². The van der Waals surface area contributed by atoms with Crippen molar-refractivity contribution in [2.45, 2.75) is 12.8 Å². The standard InChI is InChI=1S/C11H13N3O3/c12-13-7-8-1-3-9(4-2-8)14-10(15)5-6-11(16)17/h1-4,7H,5-6,12H2,(H,14,15)(H,16,17)/b13-7+. The third-order valence-corrected chi connectivity index (χ3v) is 1.98. The van der Waals surface area contributed by atoms with Gasteiger partial charge in [-0.3, -0.25) is 9.59 Å². The van der Waals surface area contributed by atoms with Crippen molar-refractivity contribution in [3.05, 3.63) is 29.8 Å².